The highest BCUT2D eigenvalue weighted by Crippen LogP contribution is 2.46. The fourth-order valence-electron chi connectivity index (χ4n) is 16.0. The Balaban J connectivity index is 0.771. The number of halogens is 2. The number of hydrogen-bond donors (Lipinski definition) is 3. The van der Waals surface area contributed by atoms with Gasteiger partial charge in [-0.05, 0) is 109 Å². The average Bonchev–Trinajstić information content (AvgIpc) is 1.29. The number of carbonyl (C=O) groups excluding carboxylic acids is 2. The fraction of sp³-hybridized carbons (Fsp3) is 0.507. The first kappa shape index (κ1) is 63.6. The monoisotopic (exact) mass is 1280 g/mol. The van der Waals surface area contributed by atoms with E-state index < -0.39 is 49.4 Å². The summed E-state index contributed by atoms with van der Waals surface area (Å²) in [6.45, 7) is 22.8. The van der Waals surface area contributed by atoms with Crippen molar-refractivity contribution in [3.63, 3.8) is 0 Å². The number of ether oxygens (including phenoxy) is 2. The van der Waals surface area contributed by atoms with Gasteiger partial charge < -0.3 is 39.3 Å². The highest BCUT2D eigenvalue weighted by Gasteiger charge is 2.51. The van der Waals surface area contributed by atoms with E-state index in [4.69, 9.17) is 28.9 Å². The molecule has 12 rings (SSSR count). The van der Waals surface area contributed by atoms with Crippen molar-refractivity contribution in [1.82, 2.24) is 45.1 Å². The van der Waals surface area contributed by atoms with Crippen LogP contribution in [-0.4, -0.2) is 151 Å². The number of fused-ring (bicyclic) bond motifs is 5. The van der Waals surface area contributed by atoms with Crippen LogP contribution >= 0.6 is 11.3 Å². The number of amides is 3. The van der Waals surface area contributed by atoms with Gasteiger partial charge >= 0.3 is 12.1 Å². The number of thiazole rings is 1. The number of piperazine rings is 1. The smallest absolute Gasteiger partial charge is 0.407 e. The summed E-state index contributed by atoms with van der Waals surface area (Å²) in [6, 6.07) is 16.3. The van der Waals surface area contributed by atoms with Gasteiger partial charge in [0.05, 0.1) is 56.8 Å². The largest absolute Gasteiger partial charge is 0.474 e. The number of nitrogens with one attached hydrogen (secondary N) is 1. The molecule has 3 unspecified atom stereocenters. The molecule has 8 atom stereocenters. The number of rotatable bonds is 18. The Hall–Kier alpha value is -7.58. The van der Waals surface area contributed by atoms with E-state index in [9.17, 15) is 24.6 Å². The molecule has 22 heteroatoms. The van der Waals surface area contributed by atoms with Crippen LogP contribution in [0, 0.1) is 35.9 Å². The van der Waals surface area contributed by atoms with Gasteiger partial charge in [0.1, 0.15) is 56.1 Å². The van der Waals surface area contributed by atoms with Gasteiger partial charge in [0, 0.05) is 55.3 Å². The number of likely N-dealkylation sites (tertiary alicyclic amines) is 1. The fourth-order valence-corrected chi connectivity index (χ4v) is 22.0. The zero-order valence-corrected chi connectivity index (χ0v) is 55.3. The number of nitrogens with zero attached hydrogens (tertiary/aromatic N) is 9. The van der Waals surface area contributed by atoms with Gasteiger partial charge in [-0.25, -0.2) is 18.6 Å². The molecule has 3 N–H and O–H groups in total. The number of benzene rings is 3. The molecular formula is C69H82F2N10O8SSi. The van der Waals surface area contributed by atoms with E-state index in [1.807, 2.05) is 74.5 Å². The molecule has 4 aromatic heterocycles. The molecule has 3 aromatic carbocycles. The van der Waals surface area contributed by atoms with Crippen molar-refractivity contribution in [1.29, 1.82) is 0 Å². The maximum atomic E-state index is 18.0. The second kappa shape index (κ2) is 25.5. The van der Waals surface area contributed by atoms with Crippen LogP contribution in [-0.2, 0) is 9.59 Å². The van der Waals surface area contributed by atoms with Crippen molar-refractivity contribution in [2.24, 2.45) is 5.92 Å². The average molecular weight is 1280 g/mol. The highest BCUT2D eigenvalue weighted by atomic mass is 32.1. The third-order valence-electron chi connectivity index (χ3n) is 20.5. The minimum absolute atomic E-state index is 0.00182. The van der Waals surface area contributed by atoms with Crippen molar-refractivity contribution in [3.8, 4) is 45.1 Å². The van der Waals surface area contributed by atoms with E-state index in [1.54, 1.807) is 35.7 Å². The van der Waals surface area contributed by atoms with Crippen LogP contribution in [0.1, 0.15) is 142 Å². The zero-order valence-electron chi connectivity index (χ0n) is 53.5. The van der Waals surface area contributed by atoms with Crippen molar-refractivity contribution in [2.45, 2.75) is 179 Å². The van der Waals surface area contributed by atoms with Crippen LogP contribution in [0.25, 0.3) is 43.4 Å². The number of carboxylic acid groups (broad SMARTS) is 1. The lowest BCUT2D eigenvalue weighted by Gasteiger charge is -2.40. The van der Waals surface area contributed by atoms with Crippen LogP contribution < -0.4 is 19.7 Å². The zero-order chi connectivity index (χ0) is 64.4. The quantitative estimate of drug-likeness (QED) is 0.0538. The molecule has 5 aliphatic heterocycles. The third kappa shape index (κ3) is 11.8. The van der Waals surface area contributed by atoms with Gasteiger partial charge in [0.2, 0.25) is 11.8 Å². The Morgan fingerprint density at radius 3 is 2.32 bits per heavy atom. The lowest BCUT2D eigenvalue weighted by Crippen LogP contribution is -2.55. The van der Waals surface area contributed by atoms with Gasteiger partial charge in [-0.2, -0.15) is 9.97 Å². The van der Waals surface area contributed by atoms with Crippen molar-refractivity contribution in [2.75, 3.05) is 44.3 Å². The van der Waals surface area contributed by atoms with E-state index in [0.717, 1.165) is 53.9 Å². The van der Waals surface area contributed by atoms with Crippen molar-refractivity contribution < 1.29 is 47.4 Å². The molecule has 5 fully saturated rings. The standard InChI is InChI=1S/C69H82F2N10O8SSi/c1-38(2)58(66(84)79-34-50(82)29-55(79)65(83)74-42(9)44-15-17-46(18-16-44)63-43(10)73-37-90-63)56-30-57(77-89-56)87-35-49-23-26-69(25-12-27-80(49)69)36-88-67-75-62-53(64(76-67)78-32-47-20-21-48(33-78)81(47)68(85)86)31-72-61(60(62)71)52-14-11-13-45-19-22-54(70)51(59(45)52)24-28-91(39(3)4,40(5)6)41(7)8/h11,13-19,22,30-31,37-42,47-50,55,58,82H,12,20-21,23,25-27,29,32-36H2,1-10H3,(H,74,83)(H,85,86)/t42-,47?,48?,49-,50+,55-,58?,69-/m0/s1. The van der Waals surface area contributed by atoms with E-state index in [-0.39, 0.29) is 96.7 Å². The summed E-state index contributed by atoms with van der Waals surface area (Å²) in [7, 11) is -2.32. The predicted octanol–water partition coefficient (Wildman–Crippen LogP) is 12.5. The summed E-state index contributed by atoms with van der Waals surface area (Å²) in [6.07, 6.45) is 4.45. The van der Waals surface area contributed by atoms with Crippen LogP contribution in [0.2, 0.25) is 16.6 Å². The molecule has 3 amide bonds. The summed E-state index contributed by atoms with van der Waals surface area (Å²) >= 11 is 1.57. The van der Waals surface area contributed by atoms with Gasteiger partial charge in [-0.1, -0.05) is 110 Å². The number of aliphatic hydroxyl groups excluding tert-OH is 1. The maximum Gasteiger partial charge on any atom is 0.407 e. The number of hydrogen-bond acceptors (Lipinski definition) is 15. The summed E-state index contributed by atoms with van der Waals surface area (Å²) in [5.74, 6) is 1.27. The van der Waals surface area contributed by atoms with E-state index in [1.165, 1.54) is 15.9 Å². The molecular weight excluding hydrogens is 1190 g/mol. The minimum Gasteiger partial charge on any atom is -0.474 e. The van der Waals surface area contributed by atoms with Crippen LogP contribution in [0.15, 0.2) is 76.9 Å². The second-order valence-corrected chi connectivity index (χ2v) is 33.5. The lowest BCUT2D eigenvalue weighted by molar-refractivity contribution is -0.141. The number of aromatic nitrogens is 5. The normalized spacial score (nSPS) is 22.4. The Morgan fingerprint density at radius 2 is 1.64 bits per heavy atom. The molecule has 91 heavy (non-hydrogen) atoms. The van der Waals surface area contributed by atoms with Crippen LogP contribution in [0.5, 0.6) is 11.9 Å². The predicted molar refractivity (Wildman–Crippen MR) is 349 cm³/mol. The van der Waals surface area contributed by atoms with Crippen molar-refractivity contribution in [3.05, 3.63) is 107 Å². The van der Waals surface area contributed by atoms with E-state index in [0.29, 0.717) is 75.9 Å². The molecule has 9 heterocycles. The van der Waals surface area contributed by atoms with Gasteiger partial charge in [-0.3, -0.25) is 24.4 Å². The lowest BCUT2D eigenvalue weighted by atomic mass is 9.91. The molecule has 5 aliphatic rings. The Labute approximate surface area is 535 Å². The van der Waals surface area contributed by atoms with Crippen molar-refractivity contribution >= 4 is 64.8 Å². The highest BCUT2D eigenvalue weighted by molar-refractivity contribution is 7.13. The number of β-amino-alcohol motifs (C(OH)–C–C–N with tert-alkyl or cyclic N) is 1. The summed E-state index contributed by atoms with van der Waals surface area (Å²) in [5.41, 5.74) is 9.43. The van der Waals surface area contributed by atoms with Gasteiger partial charge in [-0.15, -0.1) is 16.9 Å². The first-order valence-corrected chi connectivity index (χ1v) is 35.3. The molecule has 0 radical (unpaired) electrons. The summed E-state index contributed by atoms with van der Waals surface area (Å²) in [4.78, 5) is 68.5. The molecule has 0 saturated carbocycles. The molecule has 0 spiro atoms. The molecule has 5 saturated heterocycles. The van der Waals surface area contributed by atoms with Gasteiger partial charge in [0.15, 0.2) is 11.6 Å². The number of aliphatic hydroxyl groups is 1. The minimum atomic E-state index is -2.32. The topological polar surface area (TPSA) is 213 Å². The molecule has 0 aliphatic carbocycles. The number of aryl methyl sites for hydroxylation is 1. The first-order chi connectivity index (χ1) is 43.6. The SMILES string of the molecule is Cc1ncsc1-c1ccc([C@H](C)NC(=O)[C@@H]2C[C@@H](O)CN2C(=O)C(c2cc(OC[C@@H]3CC[C@]4(COc5nc(N6CC7CCC(C6)N7C(=O)O)c6cnc(-c7cccc8ccc(F)c(C#C[Si](C(C)C)(C(C)C)C(C)C)c78)c(F)c6n5)CCCN34)no2)C(C)C)cc1. The molecule has 480 valence electrons. The first-order valence-electron chi connectivity index (χ1n) is 32.2. The second-order valence-electron chi connectivity index (χ2n) is 27.1. The summed E-state index contributed by atoms with van der Waals surface area (Å²) in [5, 5.41) is 30.0. The molecule has 2 bridgehead atoms. The number of pyridine rings is 1. The van der Waals surface area contributed by atoms with Crippen LogP contribution in [0.3, 0.4) is 0 Å². The van der Waals surface area contributed by atoms with E-state index in [2.05, 4.69) is 73.4 Å². The van der Waals surface area contributed by atoms with Crippen LogP contribution in [0.4, 0.5) is 19.4 Å². The maximum absolute atomic E-state index is 18.0. The number of anilines is 1. The molecule has 7 aromatic rings. The number of carbonyl (C=O) groups is 3. The Kier molecular flexibility index (Phi) is 17.8. The molecule has 18 nitrogen and oxygen atoms in total. The van der Waals surface area contributed by atoms with Gasteiger partial charge in [0.25, 0.3) is 5.88 Å². The Bertz CT molecular complexity index is 3930. The Morgan fingerprint density at radius 1 is 0.901 bits per heavy atom. The third-order valence-corrected chi connectivity index (χ3v) is 27.7. The van der Waals surface area contributed by atoms with E-state index >= 15 is 8.78 Å². The summed E-state index contributed by atoms with van der Waals surface area (Å²) < 4.78 is 53.3.